The first-order valence-electron chi connectivity index (χ1n) is 6.63. The van der Waals surface area contributed by atoms with E-state index in [4.69, 9.17) is 0 Å². The standard InChI is InChI=1S/C13H24N2O/c1-11(2)10-15-8-3-5-13(7-9-15)6-4-12(16)14-13/h11H,3-10H2,1-2H3,(H,14,16). The second kappa shape index (κ2) is 4.74. The number of rotatable bonds is 2. The molecule has 0 aromatic carbocycles. The summed E-state index contributed by atoms with van der Waals surface area (Å²) >= 11 is 0. The van der Waals surface area contributed by atoms with Crippen molar-refractivity contribution in [2.45, 2.75) is 51.5 Å². The van der Waals surface area contributed by atoms with Gasteiger partial charge in [0, 0.05) is 25.0 Å². The Morgan fingerprint density at radius 3 is 2.75 bits per heavy atom. The highest BCUT2D eigenvalue weighted by molar-refractivity contribution is 5.79. The van der Waals surface area contributed by atoms with Crippen molar-refractivity contribution in [1.29, 1.82) is 0 Å². The molecule has 0 aromatic rings. The molecular formula is C13H24N2O. The topological polar surface area (TPSA) is 32.3 Å². The van der Waals surface area contributed by atoms with Crippen molar-refractivity contribution in [3.05, 3.63) is 0 Å². The summed E-state index contributed by atoms with van der Waals surface area (Å²) in [6, 6.07) is 0. The molecule has 2 rings (SSSR count). The highest BCUT2D eigenvalue weighted by Crippen LogP contribution is 2.31. The molecule has 0 saturated carbocycles. The van der Waals surface area contributed by atoms with Crippen LogP contribution in [0.4, 0.5) is 0 Å². The van der Waals surface area contributed by atoms with E-state index in [0.717, 1.165) is 31.7 Å². The zero-order valence-corrected chi connectivity index (χ0v) is 10.6. The largest absolute Gasteiger partial charge is 0.351 e. The molecule has 0 aliphatic carbocycles. The van der Waals surface area contributed by atoms with E-state index in [9.17, 15) is 4.79 Å². The first-order valence-corrected chi connectivity index (χ1v) is 6.63. The van der Waals surface area contributed by atoms with Crippen molar-refractivity contribution in [2.75, 3.05) is 19.6 Å². The molecule has 1 unspecified atom stereocenters. The Labute approximate surface area is 98.6 Å². The van der Waals surface area contributed by atoms with Crippen LogP contribution in [0.1, 0.15) is 46.0 Å². The Hall–Kier alpha value is -0.570. The number of carbonyl (C=O) groups is 1. The molecule has 0 aromatic heterocycles. The molecular weight excluding hydrogens is 200 g/mol. The normalized spacial score (nSPS) is 32.1. The van der Waals surface area contributed by atoms with Gasteiger partial charge >= 0.3 is 0 Å². The Bertz CT molecular complexity index is 265. The number of amides is 1. The quantitative estimate of drug-likeness (QED) is 0.775. The molecule has 1 spiro atoms. The smallest absolute Gasteiger partial charge is 0.220 e. The molecule has 0 radical (unpaired) electrons. The predicted molar refractivity (Wildman–Crippen MR) is 65.2 cm³/mol. The van der Waals surface area contributed by atoms with Crippen LogP contribution in [-0.2, 0) is 4.79 Å². The highest BCUT2D eigenvalue weighted by Gasteiger charge is 2.38. The fourth-order valence-electron chi connectivity index (χ4n) is 3.10. The maximum absolute atomic E-state index is 11.4. The molecule has 0 bridgehead atoms. The van der Waals surface area contributed by atoms with Crippen LogP contribution in [0, 0.1) is 5.92 Å². The van der Waals surface area contributed by atoms with E-state index in [0.29, 0.717) is 0 Å². The highest BCUT2D eigenvalue weighted by atomic mass is 16.2. The molecule has 1 N–H and O–H groups in total. The minimum absolute atomic E-state index is 0.156. The van der Waals surface area contributed by atoms with E-state index in [1.165, 1.54) is 25.9 Å². The Kier molecular flexibility index (Phi) is 3.53. The maximum Gasteiger partial charge on any atom is 0.220 e. The van der Waals surface area contributed by atoms with E-state index < -0.39 is 0 Å². The summed E-state index contributed by atoms with van der Waals surface area (Å²) in [5.74, 6) is 1.00. The summed E-state index contributed by atoms with van der Waals surface area (Å²) < 4.78 is 0. The predicted octanol–water partition coefficient (Wildman–Crippen LogP) is 1.78. The van der Waals surface area contributed by atoms with Gasteiger partial charge in [-0.05, 0) is 38.1 Å². The molecule has 3 heteroatoms. The molecule has 3 nitrogen and oxygen atoms in total. The number of carbonyl (C=O) groups excluding carboxylic acids is 1. The fourth-order valence-corrected chi connectivity index (χ4v) is 3.10. The van der Waals surface area contributed by atoms with Gasteiger partial charge < -0.3 is 10.2 Å². The van der Waals surface area contributed by atoms with E-state index >= 15 is 0 Å². The number of nitrogens with zero attached hydrogens (tertiary/aromatic N) is 1. The third-order valence-electron chi connectivity index (χ3n) is 3.89. The van der Waals surface area contributed by atoms with Crippen LogP contribution < -0.4 is 5.32 Å². The molecule has 2 heterocycles. The van der Waals surface area contributed by atoms with Gasteiger partial charge in [0.2, 0.25) is 5.91 Å². The molecule has 2 aliphatic heterocycles. The van der Waals surface area contributed by atoms with Crippen molar-refractivity contribution in [1.82, 2.24) is 10.2 Å². The van der Waals surface area contributed by atoms with Gasteiger partial charge in [0.25, 0.3) is 0 Å². The van der Waals surface area contributed by atoms with Gasteiger partial charge in [-0.1, -0.05) is 13.8 Å². The van der Waals surface area contributed by atoms with Gasteiger partial charge in [-0.15, -0.1) is 0 Å². The van der Waals surface area contributed by atoms with Crippen molar-refractivity contribution >= 4 is 5.91 Å². The average molecular weight is 224 g/mol. The second-order valence-corrected chi connectivity index (χ2v) is 5.88. The number of likely N-dealkylation sites (tertiary alicyclic amines) is 1. The summed E-state index contributed by atoms with van der Waals surface area (Å²) in [7, 11) is 0. The summed E-state index contributed by atoms with van der Waals surface area (Å²) in [5.41, 5.74) is 0.156. The molecule has 2 fully saturated rings. The van der Waals surface area contributed by atoms with Crippen LogP contribution in [-0.4, -0.2) is 36.0 Å². The van der Waals surface area contributed by atoms with E-state index in [1.54, 1.807) is 0 Å². The average Bonchev–Trinajstić information content (AvgIpc) is 2.44. The van der Waals surface area contributed by atoms with Crippen LogP contribution in [0.3, 0.4) is 0 Å². The Morgan fingerprint density at radius 2 is 2.12 bits per heavy atom. The van der Waals surface area contributed by atoms with E-state index in [2.05, 4.69) is 24.1 Å². The Balaban J connectivity index is 1.90. The van der Waals surface area contributed by atoms with Crippen LogP contribution in [0.2, 0.25) is 0 Å². The molecule has 2 aliphatic rings. The molecule has 1 atom stereocenters. The second-order valence-electron chi connectivity index (χ2n) is 5.88. The first-order chi connectivity index (χ1) is 7.60. The lowest BCUT2D eigenvalue weighted by atomic mass is 9.89. The lowest BCUT2D eigenvalue weighted by molar-refractivity contribution is -0.119. The maximum atomic E-state index is 11.4. The molecule has 2 saturated heterocycles. The van der Waals surface area contributed by atoms with Crippen LogP contribution >= 0.6 is 0 Å². The monoisotopic (exact) mass is 224 g/mol. The van der Waals surface area contributed by atoms with Gasteiger partial charge in [0.1, 0.15) is 0 Å². The SMILES string of the molecule is CC(C)CN1CCCC2(CCC(=O)N2)CC1. The molecule has 92 valence electrons. The lowest BCUT2D eigenvalue weighted by Crippen LogP contribution is -2.42. The van der Waals surface area contributed by atoms with Crippen molar-refractivity contribution in [3.63, 3.8) is 0 Å². The third kappa shape index (κ3) is 2.76. The van der Waals surface area contributed by atoms with Gasteiger partial charge in [-0.3, -0.25) is 4.79 Å². The summed E-state index contributed by atoms with van der Waals surface area (Å²) in [6.45, 7) is 8.11. The number of nitrogens with one attached hydrogen (secondary N) is 1. The van der Waals surface area contributed by atoms with Gasteiger partial charge in [-0.2, -0.15) is 0 Å². The van der Waals surface area contributed by atoms with Crippen molar-refractivity contribution < 1.29 is 4.79 Å². The molecule has 16 heavy (non-hydrogen) atoms. The van der Waals surface area contributed by atoms with E-state index in [-0.39, 0.29) is 11.4 Å². The van der Waals surface area contributed by atoms with Gasteiger partial charge in [0.05, 0.1) is 0 Å². The number of hydrogen-bond acceptors (Lipinski definition) is 2. The van der Waals surface area contributed by atoms with Crippen LogP contribution in [0.25, 0.3) is 0 Å². The van der Waals surface area contributed by atoms with Crippen LogP contribution in [0.15, 0.2) is 0 Å². The van der Waals surface area contributed by atoms with Gasteiger partial charge in [0.15, 0.2) is 0 Å². The number of hydrogen-bond donors (Lipinski definition) is 1. The summed E-state index contributed by atoms with van der Waals surface area (Å²) in [4.78, 5) is 13.9. The molecule has 1 amide bonds. The lowest BCUT2D eigenvalue weighted by Gasteiger charge is -2.28. The van der Waals surface area contributed by atoms with Crippen LogP contribution in [0.5, 0.6) is 0 Å². The van der Waals surface area contributed by atoms with Crippen molar-refractivity contribution in [3.8, 4) is 0 Å². The first kappa shape index (κ1) is 11.9. The minimum atomic E-state index is 0.156. The Morgan fingerprint density at radius 1 is 1.31 bits per heavy atom. The van der Waals surface area contributed by atoms with Gasteiger partial charge in [-0.25, -0.2) is 0 Å². The minimum Gasteiger partial charge on any atom is -0.351 e. The summed E-state index contributed by atoms with van der Waals surface area (Å²) in [5, 5.41) is 3.22. The fraction of sp³-hybridized carbons (Fsp3) is 0.923. The van der Waals surface area contributed by atoms with Crippen molar-refractivity contribution in [2.24, 2.45) is 5.92 Å². The summed E-state index contributed by atoms with van der Waals surface area (Å²) in [6.07, 6.45) is 5.34. The third-order valence-corrected chi connectivity index (χ3v) is 3.89. The van der Waals surface area contributed by atoms with E-state index in [1.807, 2.05) is 0 Å². The zero-order chi connectivity index (χ0) is 11.6. The zero-order valence-electron chi connectivity index (χ0n) is 10.6.